The van der Waals surface area contributed by atoms with Gasteiger partial charge >= 0.3 is 0 Å². The van der Waals surface area contributed by atoms with E-state index in [9.17, 15) is 10.5 Å². The normalized spacial score (nSPS) is 11.6. The van der Waals surface area contributed by atoms with Crippen molar-refractivity contribution in [2.75, 3.05) is 0 Å². The predicted octanol–water partition coefficient (Wildman–Crippen LogP) is 12.4. The van der Waals surface area contributed by atoms with Crippen molar-refractivity contribution in [1.29, 1.82) is 10.5 Å². The van der Waals surface area contributed by atoms with E-state index >= 15 is 0 Å². The monoisotopic (exact) mass is 699 g/mol. The first-order valence-corrected chi connectivity index (χ1v) is 18.3. The molecule has 55 heavy (non-hydrogen) atoms. The lowest BCUT2D eigenvalue weighted by molar-refractivity contribution is 1.16. The number of nitriles is 2. The van der Waals surface area contributed by atoms with Crippen LogP contribution < -0.4 is 0 Å². The van der Waals surface area contributed by atoms with Crippen molar-refractivity contribution >= 4 is 65.4 Å². The first-order chi connectivity index (χ1) is 27.2. The quantitative estimate of drug-likeness (QED) is 0.184. The van der Waals surface area contributed by atoms with E-state index in [1.54, 1.807) is 0 Å². The highest BCUT2D eigenvalue weighted by atomic mass is 15.0. The maximum absolute atomic E-state index is 10.7. The Balaban J connectivity index is 1.11. The smallest absolute Gasteiger partial charge is 0.0998 e. The summed E-state index contributed by atoms with van der Waals surface area (Å²) >= 11 is 0. The zero-order valence-electron chi connectivity index (χ0n) is 29.5. The Bertz CT molecular complexity index is 3420. The van der Waals surface area contributed by atoms with Crippen molar-refractivity contribution in [2.45, 2.75) is 0 Å². The van der Waals surface area contributed by atoms with E-state index in [0.29, 0.717) is 11.1 Å². The number of benzene rings is 8. The van der Waals surface area contributed by atoms with Gasteiger partial charge < -0.3 is 13.7 Å². The van der Waals surface area contributed by atoms with E-state index in [-0.39, 0.29) is 0 Å². The SMILES string of the molecule is N#Cc1cc(-n2c3ccccc3c3c(C#N)cccc32)ccc1-c1ccccc1-n1c2ccccc2c2cc(-n3c4ccccc4c4ccccc43)ccc21. The molecule has 0 amide bonds. The van der Waals surface area contributed by atoms with Gasteiger partial charge in [-0.05, 0) is 72.8 Å². The summed E-state index contributed by atoms with van der Waals surface area (Å²) < 4.78 is 6.86. The predicted molar refractivity (Wildman–Crippen MR) is 224 cm³/mol. The van der Waals surface area contributed by atoms with E-state index in [4.69, 9.17) is 0 Å². The van der Waals surface area contributed by atoms with Crippen LogP contribution in [0.4, 0.5) is 0 Å². The molecule has 11 rings (SSSR count). The molecule has 0 aliphatic carbocycles. The lowest BCUT2D eigenvalue weighted by atomic mass is 9.97. The molecule has 3 aromatic heterocycles. The minimum atomic E-state index is 0.571. The van der Waals surface area contributed by atoms with Gasteiger partial charge in [0.1, 0.15) is 0 Å². The highest BCUT2D eigenvalue weighted by Gasteiger charge is 2.21. The Hall–Kier alpha value is -7.86. The summed E-state index contributed by atoms with van der Waals surface area (Å²) in [6.07, 6.45) is 0. The zero-order valence-corrected chi connectivity index (χ0v) is 29.5. The summed E-state index contributed by atoms with van der Waals surface area (Å²) in [5.41, 5.74) is 12.5. The molecule has 0 saturated carbocycles. The van der Waals surface area contributed by atoms with E-state index in [0.717, 1.165) is 71.8 Å². The minimum Gasteiger partial charge on any atom is -0.309 e. The fraction of sp³-hybridized carbons (Fsp3) is 0. The summed E-state index contributed by atoms with van der Waals surface area (Å²) in [6, 6.07) is 65.9. The Labute approximate surface area is 316 Å². The van der Waals surface area contributed by atoms with Crippen LogP contribution >= 0.6 is 0 Å². The van der Waals surface area contributed by atoms with Gasteiger partial charge in [-0.2, -0.15) is 10.5 Å². The average Bonchev–Trinajstić information content (AvgIpc) is 3.89. The van der Waals surface area contributed by atoms with Gasteiger partial charge in [0, 0.05) is 54.8 Å². The molecule has 3 heterocycles. The molecule has 0 aliphatic rings. The zero-order chi connectivity index (χ0) is 36.6. The lowest BCUT2D eigenvalue weighted by Gasteiger charge is -2.16. The summed E-state index contributed by atoms with van der Waals surface area (Å²) in [7, 11) is 0. The van der Waals surface area contributed by atoms with Gasteiger partial charge in [0.2, 0.25) is 0 Å². The van der Waals surface area contributed by atoms with Crippen molar-refractivity contribution in [2.24, 2.45) is 0 Å². The highest BCUT2D eigenvalue weighted by molar-refractivity contribution is 6.13. The summed E-state index contributed by atoms with van der Waals surface area (Å²) in [5, 5.41) is 27.4. The Morgan fingerprint density at radius 3 is 1.51 bits per heavy atom. The van der Waals surface area contributed by atoms with Crippen molar-refractivity contribution < 1.29 is 0 Å². The molecule has 0 fully saturated rings. The minimum absolute atomic E-state index is 0.571. The van der Waals surface area contributed by atoms with E-state index in [1.165, 1.54) is 21.8 Å². The third kappa shape index (κ3) is 4.39. The van der Waals surface area contributed by atoms with Crippen LogP contribution in [0.1, 0.15) is 11.1 Å². The lowest BCUT2D eigenvalue weighted by Crippen LogP contribution is -2.00. The fourth-order valence-electron chi connectivity index (χ4n) is 8.85. The Morgan fingerprint density at radius 1 is 0.327 bits per heavy atom. The molecule has 11 aromatic rings. The highest BCUT2D eigenvalue weighted by Crippen LogP contribution is 2.41. The van der Waals surface area contributed by atoms with Gasteiger partial charge in [-0.3, -0.25) is 0 Å². The fourth-order valence-corrected chi connectivity index (χ4v) is 8.85. The van der Waals surface area contributed by atoms with Crippen LogP contribution in [0.3, 0.4) is 0 Å². The van der Waals surface area contributed by atoms with Crippen LogP contribution in [0.2, 0.25) is 0 Å². The number of aromatic nitrogens is 3. The largest absolute Gasteiger partial charge is 0.309 e. The first-order valence-electron chi connectivity index (χ1n) is 18.3. The second-order valence-corrected chi connectivity index (χ2v) is 13.9. The molecule has 0 aliphatic heterocycles. The van der Waals surface area contributed by atoms with Crippen molar-refractivity contribution in [3.05, 3.63) is 187 Å². The van der Waals surface area contributed by atoms with Crippen LogP contribution in [-0.2, 0) is 0 Å². The van der Waals surface area contributed by atoms with Gasteiger partial charge in [0.25, 0.3) is 0 Å². The standard InChI is InChI=1S/C50H29N5/c51-30-32-12-11-23-49-50(32)41-17-5-10-22-47(41)54(49)34-24-26-36(33(28-34)31-52)37-13-1-8-20-45(37)55-46-21-9-4-16-40(46)42-29-35(25-27-48(42)55)53-43-18-6-2-14-38(43)39-15-3-7-19-44(39)53/h1-29H. The number of fused-ring (bicyclic) bond motifs is 9. The number of hydrogen-bond donors (Lipinski definition) is 0. The third-order valence-corrected chi connectivity index (χ3v) is 11.1. The second-order valence-electron chi connectivity index (χ2n) is 13.9. The van der Waals surface area contributed by atoms with E-state index in [2.05, 4.69) is 159 Å². The molecule has 0 unspecified atom stereocenters. The van der Waals surface area contributed by atoms with E-state index in [1.807, 2.05) is 42.5 Å². The van der Waals surface area contributed by atoms with Crippen LogP contribution in [0.5, 0.6) is 0 Å². The number of para-hydroxylation sites is 5. The summed E-state index contributed by atoms with van der Waals surface area (Å²) in [6.45, 7) is 0. The number of nitrogens with zero attached hydrogens (tertiary/aromatic N) is 5. The molecule has 0 N–H and O–H groups in total. The van der Waals surface area contributed by atoms with Gasteiger partial charge in [-0.25, -0.2) is 0 Å². The van der Waals surface area contributed by atoms with Crippen LogP contribution in [0.15, 0.2) is 176 Å². The Morgan fingerprint density at radius 2 is 0.818 bits per heavy atom. The van der Waals surface area contributed by atoms with Crippen LogP contribution in [-0.4, -0.2) is 13.7 Å². The van der Waals surface area contributed by atoms with E-state index < -0.39 is 0 Å². The molecular formula is C50H29N5. The second kappa shape index (κ2) is 11.8. The summed E-state index contributed by atoms with van der Waals surface area (Å²) in [4.78, 5) is 0. The molecule has 0 radical (unpaired) electrons. The molecule has 0 saturated heterocycles. The van der Waals surface area contributed by atoms with Gasteiger partial charge in [-0.1, -0.05) is 103 Å². The van der Waals surface area contributed by atoms with Crippen molar-refractivity contribution in [1.82, 2.24) is 13.7 Å². The van der Waals surface area contributed by atoms with Crippen LogP contribution in [0.25, 0.3) is 93.6 Å². The molecule has 254 valence electrons. The molecule has 5 heteroatoms. The maximum Gasteiger partial charge on any atom is 0.0998 e. The topological polar surface area (TPSA) is 62.4 Å². The average molecular weight is 700 g/mol. The van der Waals surface area contributed by atoms with Gasteiger partial charge in [-0.15, -0.1) is 0 Å². The molecule has 0 atom stereocenters. The number of hydrogen-bond acceptors (Lipinski definition) is 2. The molecular weight excluding hydrogens is 671 g/mol. The van der Waals surface area contributed by atoms with Gasteiger partial charge in [0.15, 0.2) is 0 Å². The first kappa shape index (κ1) is 30.7. The molecule has 0 spiro atoms. The summed E-state index contributed by atoms with van der Waals surface area (Å²) in [5.74, 6) is 0. The molecule has 0 bridgehead atoms. The van der Waals surface area contributed by atoms with Gasteiger partial charge in [0.05, 0.1) is 62.1 Å². The third-order valence-electron chi connectivity index (χ3n) is 11.1. The molecule has 5 nitrogen and oxygen atoms in total. The maximum atomic E-state index is 10.7. The number of rotatable bonds is 4. The van der Waals surface area contributed by atoms with Crippen molar-refractivity contribution in [3.8, 4) is 40.3 Å². The molecule has 8 aromatic carbocycles. The Kier molecular flexibility index (Phi) is 6.61. The van der Waals surface area contributed by atoms with Crippen LogP contribution in [0, 0.1) is 22.7 Å². The van der Waals surface area contributed by atoms with Crippen molar-refractivity contribution in [3.63, 3.8) is 0 Å².